The molecule has 0 aromatic carbocycles. The Labute approximate surface area is 127 Å². The van der Waals surface area contributed by atoms with E-state index in [-0.39, 0.29) is 12.0 Å². The normalized spacial score (nSPS) is 19.0. The van der Waals surface area contributed by atoms with E-state index in [1.807, 2.05) is 37.8 Å². The van der Waals surface area contributed by atoms with Crippen LogP contribution in [0.4, 0.5) is 0 Å². The number of aromatic nitrogens is 1. The molecule has 2 aromatic rings. The highest BCUT2D eigenvalue weighted by atomic mass is 32.1. The second kappa shape index (κ2) is 5.61. The van der Waals surface area contributed by atoms with Crippen LogP contribution in [0.3, 0.4) is 0 Å². The van der Waals surface area contributed by atoms with Crippen LogP contribution in [-0.2, 0) is 4.74 Å². The van der Waals surface area contributed by atoms with Gasteiger partial charge in [-0.15, -0.1) is 11.3 Å². The number of thiazole rings is 1. The first-order valence-corrected chi connectivity index (χ1v) is 7.81. The summed E-state index contributed by atoms with van der Waals surface area (Å²) in [6.07, 6.45) is 0.0862. The summed E-state index contributed by atoms with van der Waals surface area (Å²) < 4.78 is 11.1. The monoisotopic (exact) mass is 306 g/mol. The predicted octanol–water partition coefficient (Wildman–Crippen LogP) is 2.88. The molecule has 1 atom stereocenters. The lowest BCUT2D eigenvalue weighted by atomic mass is 10.2. The zero-order valence-electron chi connectivity index (χ0n) is 12.4. The van der Waals surface area contributed by atoms with Gasteiger partial charge in [0.15, 0.2) is 10.8 Å². The van der Waals surface area contributed by atoms with E-state index < -0.39 is 0 Å². The fourth-order valence-corrected chi connectivity index (χ4v) is 3.39. The molecule has 1 saturated heterocycles. The third-order valence-corrected chi connectivity index (χ3v) is 4.63. The van der Waals surface area contributed by atoms with Crippen molar-refractivity contribution in [1.29, 1.82) is 0 Å². The van der Waals surface area contributed by atoms with Crippen LogP contribution in [0.25, 0.3) is 10.8 Å². The van der Waals surface area contributed by atoms with Gasteiger partial charge in [-0.05, 0) is 32.9 Å². The van der Waals surface area contributed by atoms with Crippen molar-refractivity contribution in [3.05, 3.63) is 28.5 Å². The summed E-state index contributed by atoms with van der Waals surface area (Å²) in [5.41, 5.74) is 0.758. The van der Waals surface area contributed by atoms with Crippen LogP contribution in [0.5, 0.6) is 0 Å². The summed E-state index contributed by atoms with van der Waals surface area (Å²) in [6.45, 7) is 7.60. The van der Waals surface area contributed by atoms with Crippen molar-refractivity contribution in [3.8, 4) is 10.8 Å². The summed E-state index contributed by atoms with van der Waals surface area (Å²) in [6, 6.07) is 3.79. The molecule has 0 N–H and O–H groups in total. The van der Waals surface area contributed by atoms with E-state index in [0.717, 1.165) is 22.2 Å². The fourth-order valence-electron chi connectivity index (χ4n) is 2.40. The van der Waals surface area contributed by atoms with Gasteiger partial charge in [-0.3, -0.25) is 4.79 Å². The Bertz CT molecular complexity index is 662. The van der Waals surface area contributed by atoms with Crippen molar-refractivity contribution >= 4 is 17.2 Å². The van der Waals surface area contributed by atoms with Gasteiger partial charge >= 0.3 is 0 Å². The molecule has 21 heavy (non-hydrogen) atoms. The van der Waals surface area contributed by atoms with Gasteiger partial charge in [0.25, 0.3) is 5.91 Å². The number of ether oxygens (including phenoxy) is 1. The Hall–Kier alpha value is -1.66. The minimum Gasteiger partial charge on any atom is -0.459 e. The van der Waals surface area contributed by atoms with Crippen LogP contribution >= 0.6 is 11.3 Å². The Balaban J connectivity index is 1.85. The molecule has 0 radical (unpaired) electrons. The number of furan rings is 1. The van der Waals surface area contributed by atoms with Crippen molar-refractivity contribution in [2.45, 2.75) is 26.9 Å². The minimum atomic E-state index is 0.0367. The smallest absolute Gasteiger partial charge is 0.266 e. The molecule has 0 saturated carbocycles. The van der Waals surface area contributed by atoms with E-state index in [1.165, 1.54) is 11.3 Å². The highest BCUT2D eigenvalue weighted by molar-refractivity contribution is 7.17. The number of hydrogen-bond acceptors (Lipinski definition) is 5. The molecule has 0 bridgehead atoms. The molecule has 2 aromatic heterocycles. The van der Waals surface area contributed by atoms with Gasteiger partial charge in [-0.2, -0.15) is 0 Å². The standard InChI is InChI=1S/C15H18N2O3S/c1-9-4-5-12(20-9)14-16-11(3)13(21-14)15(18)17-6-7-19-10(2)8-17/h4-5,10H,6-8H2,1-3H3/t10-/m1/s1. The van der Waals surface area contributed by atoms with E-state index in [1.54, 1.807) is 0 Å². The second-order valence-corrected chi connectivity index (χ2v) is 6.28. The number of morpholine rings is 1. The highest BCUT2D eigenvalue weighted by Gasteiger charge is 2.26. The van der Waals surface area contributed by atoms with Crippen molar-refractivity contribution in [2.75, 3.05) is 19.7 Å². The Kier molecular flexibility index (Phi) is 3.82. The first-order valence-electron chi connectivity index (χ1n) is 6.99. The lowest BCUT2D eigenvalue weighted by Crippen LogP contribution is -2.44. The predicted molar refractivity (Wildman–Crippen MR) is 80.6 cm³/mol. The average Bonchev–Trinajstić information content (AvgIpc) is 3.04. The number of hydrogen-bond donors (Lipinski definition) is 0. The van der Waals surface area contributed by atoms with Gasteiger partial charge in [0.05, 0.1) is 18.4 Å². The first-order chi connectivity index (χ1) is 10.0. The highest BCUT2D eigenvalue weighted by Crippen LogP contribution is 2.30. The molecule has 1 fully saturated rings. The van der Waals surface area contributed by atoms with Gasteiger partial charge in [0, 0.05) is 13.1 Å². The molecule has 3 rings (SSSR count). The van der Waals surface area contributed by atoms with E-state index in [2.05, 4.69) is 4.98 Å². The van der Waals surface area contributed by atoms with Crippen LogP contribution in [-0.4, -0.2) is 41.6 Å². The molecule has 0 aliphatic carbocycles. The Morgan fingerprint density at radius 3 is 2.90 bits per heavy atom. The maximum Gasteiger partial charge on any atom is 0.266 e. The van der Waals surface area contributed by atoms with Crippen molar-refractivity contribution in [2.24, 2.45) is 0 Å². The van der Waals surface area contributed by atoms with Gasteiger partial charge in [-0.1, -0.05) is 0 Å². The Morgan fingerprint density at radius 1 is 1.43 bits per heavy atom. The summed E-state index contributed by atoms with van der Waals surface area (Å²) >= 11 is 1.39. The lowest BCUT2D eigenvalue weighted by Gasteiger charge is -2.30. The maximum atomic E-state index is 12.6. The van der Waals surface area contributed by atoms with E-state index in [4.69, 9.17) is 9.15 Å². The zero-order chi connectivity index (χ0) is 15.0. The molecular weight excluding hydrogens is 288 g/mol. The van der Waals surface area contributed by atoms with Crippen LogP contribution in [0.1, 0.15) is 28.0 Å². The summed E-state index contributed by atoms with van der Waals surface area (Å²) in [5, 5.41) is 0.755. The summed E-state index contributed by atoms with van der Waals surface area (Å²) in [7, 11) is 0. The molecular formula is C15H18N2O3S. The SMILES string of the molecule is Cc1ccc(-c2nc(C)c(C(=O)N3CCO[C@H](C)C3)s2)o1. The summed E-state index contributed by atoms with van der Waals surface area (Å²) in [5.74, 6) is 1.59. The first kappa shape index (κ1) is 14.3. The van der Waals surface area contributed by atoms with Crippen molar-refractivity contribution in [3.63, 3.8) is 0 Å². The van der Waals surface area contributed by atoms with E-state index >= 15 is 0 Å². The maximum absolute atomic E-state index is 12.6. The second-order valence-electron chi connectivity index (χ2n) is 5.28. The van der Waals surface area contributed by atoms with Gasteiger partial charge in [0.1, 0.15) is 10.6 Å². The third kappa shape index (κ3) is 2.87. The van der Waals surface area contributed by atoms with Gasteiger partial charge < -0.3 is 14.1 Å². The molecule has 0 unspecified atom stereocenters. The molecule has 1 aliphatic heterocycles. The van der Waals surface area contributed by atoms with Crippen LogP contribution in [0, 0.1) is 13.8 Å². The zero-order valence-corrected chi connectivity index (χ0v) is 13.2. The number of nitrogens with zero attached hydrogens (tertiary/aromatic N) is 2. The van der Waals surface area contributed by atoms with E-state index in [0.29, 0.717) is 24.6 Å². The number of carbonyl (C=O) groups is 1. The van der Waals surface area contributed by atoms with E-state index in [9.17, 15) is 4.79 Å². The molecule has 5 nitrogen and oxygen atoms in total. The number of amides is 1. The number of aryl methyl sites for hydroxylation is 2. The fraction of sp³-hybridized carbons (Fsp3) is 0.467. The Morgan fingerprint density at radius 2 is 2.24 bits per heavy atom. The number of carbonyl (C=O) groups excluding carboxylic acids is 1. The van der Waals surface area contributed by atoms with Crippen LogP contribution < -0.4 is 0 Å². The largest absolute Gasteiger partial charge is 0.459 e. The quantitative estimate of drug-likeness (QED) is 0.856. The topological polar surface area (TPSA) is 55.6 Å². The van der Waals surface area contributed by atoms with Gasteiger partial charge in [0.2, 0.25) is 0 Å². The third-order valence-electron chi connectivity index (χ3n) is 3.47. The average molecular weight is 306 g/mol. The molecule has 6 heteroatoms. The molecule has 112 valence electrons. The van der Waals surface area contributed by atoms with Crippen LogP contribution in [0.2, 0.25) is 0 Å². The van der Waals surface area contributed by atoms with Gasteiger partial charge in [-0.25, -0.2) is 4.98 Å². The molecule has 3 heterocycles. The molecule has 0 spiro atoms. The summed E-state index contributed by atoms with van der Waals surface area (Å²) in [4.78, 5) is 19.6. The van der Waals surface area contributed by atoms with Crippen molar-refractivity contribution < 1.29 is 13.9 Å². The van der Waals surface area contributed by atoms with Crippen molar-refractivity contribution in [1.82, 2.24) is 9.88 Å². The number of rotatable bonds is 2. The minimum absolute atomic E-state index is 0.0367. The molecule has 1 aliphatic rings. The van der Waals surface area contributed by atoms with Crippen LogP contribution in [0.15, 0.2) is 16.5 Å². The molecule has 1 amide bonds. The lowest BCUT2D eigenvalue weighted by molar-refractivity contribution is -0.0122.